The Morgan fingerprint density at radius 3 is 2.15 bits per heavy atom. The minimum Gasteiger partial charge on any atom is -0.392 e. The molecule has 4 rings (SSSR count). The van der Waals surface area contributed by atoms with E-state index in [0.29, 0.717) is 25.8 Å². The molecule has 2 aliphatic rings. The van der Waals surface area contributed by atoms with Crippen LogP contribution in [-0.2, 0) is 32.2 Å². The number of nitrogens with one attached hydrogen (secondary N) is 2. The Morgan fingerprint density at radius 1 is 0.825 bits per heavy atom. The van der Waals surface area contributed by atoms with E-state index >= 15 is 0 Å². The third kappa shape index (κ3) is 9.38. The van der Waals surface area contributed by atoms with Crippen molar-refractivity contribution in [1.82, 2.24) is 15.7 Å². The zero-order valence-corrected chi connectivity index (χ0v) is 23.2. The van der Waals surface area contributed by atoms with Crippen LogP contribution < -0.4 is 10.8 Å². The van der Waals surface area contributed by atoms with Gasteiger partial charge in [-0.3, -0.25) is 14.8 Å². The lowest BCUT2D eigenvalue weighted by Crippen LogP contribution is -2.41. The molecule has 0 spiro atoms. The molecule has 218 valence electrons. The van der Waals surface area contributed by atoms with Crippen molar-refractivity contribution in [3.05, 3.63) is 70.8 Å². The lowest BCUT2D eigenvalue weighted by Gasteiger charge is -2.39. The van der Waals surface area contributed by atoms with E-state index in [1.54, 1.807) is 5.48 Å². The summed E-state index contributed by atoms with van der Waals surface area (Å²) in [4.78, 5) is 25.7. The largest absolute Gasteiger partial charge is 0.392 e. The number of rotatable bonds is 13. The Bertz CT molecular complexity index is 1060. The number of aliphatic hydroxyl groups excluding tert-OH is 1. The molecule has 0 aromatic heterocycles. The van der Waals surface area contributed by atoms with Crippen LogP contribution >= 0.6 is 0 Å². The molecule has 40 heavy (non-hydrogen) atoms. The SMILES string of the molecule is O=C(CCCCCC(=O)NCc1ccc([C@H]2O[C@@H](CN3CCCCC3)C[C@@H](c3ccc(CO)cc3)O2)cc1)NO. The Hall–Kier alpha value is -2.82. The molecule has 2 aromatic carbocycles. The highest BCUT2D eigenvalue weighted by atomic mass is 16.7. The molecule has 9 nitrogen and oxygen atoms in total. The van der Waals surface area contributed by atoms with Gasteiger partial charge in [0.25, 0.3) is 0 Å². The molecule has 2 aliphatic heterocycles. The summed E-state index contributed by atoms with van der Waals surface area (Å²) < 4.78 is 12.9. The molecule has 3 atom stereocenters. The number of hydrogen-bond donors (Lipinski definition) is 4. The summed E-state index contributed by atoms with van der Waals surface area (Å²) in [6.07, 6.45) is 6.77. The number of hydroxylamine groups is 1. The van der Waals surface area contributed by atoms with Crippen LogP contribution in [-0.4, -0.2) is 52.8 Å². The van der Waals surface area contributed by atoms with Crippen LogP contribution in [0.5, 0.6) is 0 Å². The van der Waals surface area contributed by atoms with E-state index in [4.69, 9.17) is 14.7 Å². The van der Waals surface area contributed by atoms with Crippen LogP contribution in [0.4, 0.5) is 0 Å². The van der Waals surface area contributed by atoms with Gasteiger partial charge in [-0.25, -0.2) is 5.48 Å². The molecule has 0 saturated carbocycles. The number of aliphatic hydroxyl groups is 1. The third-order valence-corrected chi connectivity index (χ3v) is 7.70. The summed E-state index contributed by atoms with van der Waals surface area (Å²) in [5, 5.41) is 20.9. The van der Waals surface area contributed by atoms with Crippen LogP contribution in [0.2, 0.25) is 0 Å². The monoisotopic (exact) mass is 553 g/mol. The second-order valence-corrected chi connectivity index (χ2v) is 10.8. The van der Waals surface area contributed by atoms with Gasteiger partial charge in [0.2, 0.25) is 11.8 Å². The zero-order chi connectivity index (χ0) is 28.2. The number of piperidine rings is 1. The molecule has 0 bridgehead atoms. The fourth-order valence-corrected chi connectivity index (χ4v) is 5.35. The van der Waals surface area contributed by atoms with Gasteiger partial charge in [-0.15, -0.1) is 0 Å². The van der Waals surface area contributed by atoms with Gasteiger partial charge in [-0.1, -0.05) is 61.4 Å². The standard InChI is InChI=1S/C31H43N3O6/c35-22-24-11-13-25(14-12-24)28-19-27(21-34-17-5-2-6-18-34)39-31(40-28)26-15-9-23(10-16-26)20-32-29(36)7-3-1-4-8-30(37)33-38/h9-16,27-28,31,35,38H,1-8,17-22H2,(H,32,36)(H,33,37)/t27-,28+,31+/m1/s1. The number of ether oxygens (including phenoxy) is 2. The van der Waals surface area contributed by atoms with Crippen LogP contribution in [0.3, 0.4) is 0 Å². The van der Waals surface area contributed by atoms with E-state index in [2.05, 4.69) is 10.2 Å². The predicted octanol–water partition coefficient (Wildman–Crippen LogP) is 4.28. The molecule has 0 unspecified atom stereocenters. The van der Waals surface area contributed by atoms with Crippen LogP contribution in [0.25, 0.3) is 0 Å². The molecular weight excluding hydrogens is 510 g/mol. The van der Waals surface area contributed by atoms with E-state index in [9.17, 15) is 14.7 Å². The Labute approximate surface area is 236 Å². The highest BCUT2D eigenvalue weighted by Gasteiger charge is 2.33. The van der Waals surface area contributed by atoms with E-state index in [-0.39, 0.29) is 31.1 Å². The Kier molecular flexibility index (Phi) is 11.9. The van der Waals surface area contributed by atoms with E-state index in [1.807, 2.05) is 48.5 Å². The summed E-state index contributed by atoms with van der Waals surface area (Å²) in [7, 11) is 0. The first-order chi connectivity index (χ1) is 19.5. The van der Waals surface area contributed by atoms with Gasteiger partial charge in [0.1, 0.15) is 0 Å². The van der Waals surface area contributed by atoms with Gasteiger partial charge >= 0.3 is 0 Å². The first kappa shape index (κ1) is 30.1. The highest BCUT2D eigenvalue weighted by Crippen LogP contribution is 2.38. The van der Waals surface area contributed by atoms with Gasteiger partial charge < -0.3 is 24.8 Å². The van der Waals surface area contributed by atoms with Crippen LogP contribution in [0, 0.1) is 0 Å². The maximum Gasteiger partial charge on any atom is 0.243 e. The number of amides is 2. The van der Waals surface area contributed by atoms with E-state index in [1.165, 1.54) is 19.3 Å². The summed E-state index contributed by atoms with van der Waals surface area (Å²) >= 11 is 0. The van der Waals surface area contributed by atoms with Crippen molar-refractivity contribution in [1.29, 1.82) is 0 Å². The third-order valence-electron chi connectivity index (χ3n) is 7.70. The highest BCUT2D eigenvalue weighted by molar-refractivity contribution is 5.76. The van der Waals surface area contributed by atoms with Gasteiger partial charge in [0.15, 0.2) is 6.29 Å². The molecule has 0 aliphatic carbocycles. The molecule has 2 saturated heterocycles. The average Bonchev–Trinajstić information content (AvgIpc) is 3.00. The van der Waals surface area contributed by atoms with Gasteiger partial charge in [0.05, 0.1) is 18.8 Å². The van der Waals surface area contributed by atoms with Crippen molar-refractivity contribution in [2.45, 2.75) is 89.4 Å². The number of benzene rings is 2. The molecule has 2 fully saturated rings. The van der Waals surface area contributed by atoms with Crippen molar-refractivity contribution in [3.63, 3.8) is 0 Å². The predicted molar refractivity (Wildman–Crippen MR) is 150 cm³/mol. The number of nitrogens with zero attached hydrogens (tertiary/aromatic N) is 1. The topological polar surface area (TPSA) is 120 Å². The number of hydrogen-bond acceptors (Lipinski definition) is 7. The summed E-state index contributed by atoms with van der Waals surface area (Å²) in [5.41, 5.74) is 5.53. The van der Waals surface area contributed by atoms with Gasteiger partial charge in [0, 0.05) is 37.9 Å². The molecule has 2 aromatic rings. The van der Waals surface area contributed by atoms with Crippen LogP contribution in [0.1, 0.15) is 92.4 Å². The molecule has 2 amide bonds. The molecular formula is C31H43N3O6. The van der Waals surface area contributed by atoms with Crippen LogP contribution in [0.15, 0.2) is 48.5 Å². The normalized spacial score (nSPS) is 21.6. The fourth-order valence-electron chi connectivity index (χ4n) is 5.35. The van der Waals surface area contributed by atoms with Crippen molar-refractivity contribution < 1.29 is 29.4 Å². The van der Waals surface area contributed by atoms with Gasteiger partial charge in [-0.05, 0) is 55.5 Å². The maximum absolute atomic E-state index is 12.2. The molecule has 0 radical (unpaired) electrons. The van der Waals surface area contributed by atoms with Gasteiger partial charge in [-0.2, -0.15) is 0 Å². The number of carbonyl (C=O) groups is 2. The smallest absolute Gasteiger partial charge is 0.243 e. The summed E-state index contributed by atoms with van der Waals surface area (Å²) in [6.45, 7) is 3.58. The van der Waals surface area contributed by atoms with Crippen molar-refractivity contribution >= 4 is 11.8 Å². The molecule has 2 heterocycles. The molecule has 4 N–H and O–H groups in total. The maximum atomic E-state index is 12.2. The Morgan fingerprint density at radius 2 is 1.48 bits per heavy atom. The summed E-state index contributed by atoms with van der Waals surface area (Å²) in [5.74, 6) is -0.424. The second kappa shape index (κ2) is 15.8. The van der Waals surface area contributed by atoms with Crippen molar-refractivity contribution in [3.8, 4) is 0 Å². The second-order valence-electron chi connectivity index (χ2n) is 10.8. The summed E-state index contributed by atoms with van der Waals surface area (Å²) in [6, 6.07) is 16.0. The number of likely N-dealkylation sites (tertiary alicyclic amines) is 1. The van der Waals surface area contributed by atoms with E-state index in [0.717, 1.165) is 54.7 Å². The lowest BCUT2D eigenvalue weighted by atomic mass is 9.99. The molecule has 9 heteroatoms. The average molecular weight is 554 g/mol. The number of unbranched alkanes of at least 4 members (excludes halogenated alkanes) is 2. The Balaban J connectivity index is 1.31. The lowest BCUT2D eigenvalue weighted by molar-refractivity contribution is -0.253. The minimum absolute atomic E-state index is 0.0213. The minimum atomic E-state index is -0.484. The van der Waals surface area contributed by atoms with Crippen molar-refractivity contribution in [2.24, 2.45) is 0 Å². The number of carbonyl (C=O) groups excluding carboxylic acids is 2. The fraction of sp³-hybridized carbons (Fsp3) is 0.548. The first-order valence-electron chi connectivity index (χ1n) is 14.6. The zero-order valence-electron chi connectivity index (χ0n) is 23.2. The van der Waals surface area contributed by atoms with Crippen molar-refractivity contribution in [2.75, 3.05) is 19.6 Å². The first-order valence-corrected chi connectivity index (χ1v) is 14.6. The quantitative estimate of drug-likeness (QED) is 0.166. The van der Waals surface area contributed by atoms with E-state index < -0.39 is 12.2 Å².